The molecule has 28 heavy (non-hydrogen) atoms. The lowest BCUT2D eigenvalue weighted by molar-refractivity contribution is 0.101. The monoisotopic (exact) mass is 369 g/mol. The van der Waals surface area contributed by atoms with Gasteiger partial charge in [-0.05, 0) is 73.5 Å². The van der Waals surface area contributed by atoms with Crippen molar-refractivity contribution in [3.05, 3.63) is 94.5 Å². The Hall–Kier alpha value is -3.91. The lowest BCUT2D eigenvalue weighted by Crippen LogP contribution is -2.15. The third kappa shape index (κ3) is 4.25. The fraction of sp³-hybridized carbons (Fsp3) is 0.0870. The lowest BCUT2D eigenvalue weighted by Gasteiger charge is -2.12. The summed E-state index contributed by atoms with van der Waals surface area (Å²) < 4.78 is 0. The Morgan fingerprint density at radius 1 is 0.750 bits per heavy atom. The summed E-state index contributed by atoms with van der Waals surface area (Å²) in [6.07, 6.45) is 0. The van der Waals surface area contributed by atoms with E-state index in [1.165, 1.54) is 0 Å². The normalized spacial score (nSPS) is 10.0. The second-order valence-electron chi connectivity index (χ2n) is 6.44. The van der Waals surface area contributed by atoms with Gasteiger partial charge >= 0.3 is 0 Å². The van der Waals surface area contributed by atoms with E-state index in [4.69, 9.17) is 5.26 Å². The van der Waals surface area contributed by atoms with Crippen molar-refractivity contribution in [2.75, 3.05) is 10.6 Å². The molecule has 0 spiro atoms. The van der Waals surface area contributed by atoms with Crippen LogP contribution in [0.25, 0.3) is 0 Å². The number of nitrogens with zero attached hydrogens (tertiary/aromatic N) is 1. The van der Waals surface area contributed by atoms with E-state index < -0.39 is 0 Å². The van der Waals surface area contributed by atoms with Crippen molar-refractivity contribution in [1.82, 2.24) is 0 Å². The number of hydrogen-bond donors (Lipinski definition) is 2. The van der Waals surface area contributed by atoms with Crippen LogP contribution in [0.5, 0.6) is 0 Å². The van der Waals surface area contributed by atoms with Gasteiger partial charge in [0.05, 0.1) is 11.6 Å². The Labute approximate surface area is 163 Å². The number of nitrogens with one attached hydrogen (secondary N) is 2. The standard InChI is InChI=1S/C23H19N3O2/c1-15-4-3-5-16(2)21(15)26-23(28)19-10-8-18(9-11-19)22(27)25-20-12-6-17(14-24)7-13-20/h3-13H,1-2H3,(H,25,27)(H,26,28). The summed E-state index contributed by atoms with van der Waals surface area (Å²) >= 11 is 0. The van der Waals surface area contributed by atoms with Crippen LogP contribution in [0.2, 0.25) is 0 Å². The molecule has 138 valence electrons. The van der Waals surface area contributed by atoms with Gasteiger partial charge in [-0.15, -0.1) is 0 Å². The number of anilines is 2. The molecule has 0 atom stereocenters. The Kier molecular flexibility index (Phi) is 5.52. The van der Waals surface area contributed by atoms with Crippen LogP contribution in [0.4, 0.5) is 11.4 Å². The van der Waals surface area contributed by atoms with Gasteiger partial charge in [-0.3, -0.25) is 9.59 Å². The molecule has 0 aromatic heterocycles. The molecule has 5 nitrogen and oxygen atoms in total. The summed E-state index contributed by atoms with van der Waals surface area (Å²) in [5.74, 6) is -0.511. The molecule has 0 unspecified atom stereocenters. The number of rotatable bonds is 4. The SMILES string of the molecule is Cc1cccc(C)c1NC(=O)c1ccc(C(=O)Nc2ccc(C#N)cc2)cc1. The molecule has 3 aromatic carbocycles. The van der Waals surface area contributed by atoms with E-state index >= 15 is 0 Å². The highest BCUT2D eigenvalue weighted by atomic mass is 16.2. The minimum absolute atomic E-state index is 0.226. The van der Waals surface area contributed by atoms with E-state index in [9.17, 15) is 9.59 Å². The molecule has 0 fully saturated rings. The van der Waals surface area contributed by atoms with Crippen molar-refractivity contribution in [3.8, 4) is 6.07 Å². The first-order valence-corrected chi connectivity index (χ1v) is 8.77. The highest BCUT2D eigenvalue weighted by molar-refractivity contribution is 6.07. The van der Waals surface area contributed by atoms with Crippen LogP contribution in [0.3, 0.4) is 0 Å². The van der Waals surface area contributed by atoms with Crippen LogP contribution in [0.1, 0.15) is 37.4 Å². The van der Waals surface area contributed by atoms with Crippen LogP contribution in [-0.4, -0.2) is 11.8 Å². The number of aryl methyl sites for hydroxylation is 2. The van der Waals surface area contributed by atoms with Crippen LogP contribution < -0.4 is 10.6 Å². The number of amides is 2. The molecule has 0 aliphatic carbocycles. The Morgan fingerprint density at radius 3 is 1.75 bits per heavy atom. The lowest BCUT2D eigenvalue weighted by atomic mass is 10.1. The highest BCUT2D eigenvalue weighted by Crippen LogP contribution is 2.20. The molecular formula is C23H19N3O2. The van der Waals surface area contributed by atoms with Crippen molar-refractivity contribution in [2.24, 2.45) is 0 Å². The van der Waals surface area contributed by atoms with Gasteiger partial charge < -0.3 is 10.6 Å². The van der Waals surface area contributed by atoms with E-state index in [-0.39, 0.29) is 11.8 Å². The number of nitriles is 1. The zero-order valence-corrected chi connectivity index (χ0v) is 15.6. The Morgan fingerprint density at radius 2 is 1.25 bits per heavy atom. The summed E-state index contributed by atoms with van der Waals surface area (Å²) in [5.41, 5.74) is 4.82. The number of carbonyl (C=O) groups is 2. The molecule has 0 bridgehead atoms. The Bertz CT molecular complexity index is 1040. The zero-order chi connectivity index (χ0) is 20.1. The van der Waals surface area contributed by atoms with Gasteiger partial charge in [0.25, 0.3) is 11.8 Å². The molecule has 0 saturated heterocycles. The first kappa shape index (κ1) is 18.9. The molecule has 0 aliphatic heterocycles. The maximum atomic E-state index is 12.5. The van der Waals surface area contributed by atoms with Crippen LogP contribution in [0, 0.1) is 25.2 Å². The topological polar surface area (TPSA) is 82.0 Å². The fourth-order valence-corrected chi connectivity index (χ4v) is 2.80. The first-order chi connectivity index (χ1) is 13.5. The second kappa shape index (κ2) is 8.19. The predicted octanol–water partition coefficient (Wildman–Crippen LogP) is 4.68. The molecule has 0 radical (unpaired) electrons. The van der Waals surface area contributed by atoms with E-state index in [0.29, 0.717) is 22.4 Å². The third-order valence-electron chi connectivity index (χ3n) is 4.40. The first-order valence-electron chi connectivity index (χ1n) is 8.77. The van der Waals surface area contributed by atoms with E-state index in [1.54, 1.807) is 48.5 Å². The molecule has 3 rings (SSSR count). The predicted molar refractivity (Wildman–Crippen MR) is 109 cm³/mol. The third-order valence-corrected chi connectivity index (χ3v) is 4.40. The summed E-state index contributed by atoms with van der Waals surface area (Å²) in [6.45, 7) is 3.89. The van der Waals surface area contributed by atoms with Crippen LogP contribution in [0.15, 0.2) is 66.7 Å². The van der Waals surface area contributed by atoms with Crippen molar-refractivity contribution in [1.29, 1.82) is 5.26 Å². The van der Waals surface area contributed by atoms with Crippen molar-refractivity contribution >= 4 is 23.2 Å². The fourth-order valence-electron chi connectivity index (χ4n) is 2.80. The second-order valence-corrected chi connectivity index (χ2v) is 6.44. The van der Waals surface area contributed by atoms with Crippen molar-refractivity contribution in [3.63, 3.8) is 0 Å². The maximum absolute atomic E-state index is 12.5. The minimum Gasteiger partial charge on any atom is -0.322 e. The van der Waals surface area contributed by atoms with E-state index in [0.717, 1.165) is 16.8 Å². The zero-order valence-electron chi connectivity index (χ0n) is 15.6. The van der Waals surface area contributed by atoms with Gasteiger partial charge in [-0.1, -0.05) is 18.2 Å². The van der Waals surface area contributed by atoms with Crippen molar-refractivity contribution < 1.29 is 9.59 Å². The Balaban J connectivity index is 1.69. The molecule has 0 saturated carbocycles. The van der Waals surface area contributed by atoms with Gasteiger partial charge in [0, 0.05) is 22.5 Å². The van der Waals surface area contributed by atoms with E-state index in [2.05, 4.69) is 10.6 Å². The van der Waals surface area contributed by atoms with E-state index in [1.807, 2.05) is 38.1 Å². The molecule has 0 aliphatic rings. The summed E-state index contributed by atoms with van der Waals surface area (Å²) in [7, 11) is 0. The van der Waals surface area contributed by atoms with Crippen molar-refractivity contribution in [2.45, 2.75) is 13.8 Å². The molecule has 3 aromatic rings. The van der Waals surface area contributed by atoms with Gasteiger partial charge in [-0.2, -0.15) is 5.26 Å². The quantitative estimate of drug-likeness (QED) is 0.700. The average Bonchev–Trinajstić information content (AvgIpc) is 2.71. The number of hydrogen-bond acceptors (Lipinski definition) is 3. The summed E-state index contributed by atoms with van der Waals surface area (Å²) in [5, 5.41) is 14.5. The highest BCUT2D eigenvalue weighted by Gasteiger charge is 2.11. The smallest absolute Gasteiger partial charge is 0.255 e. The average molecular weight is 369 g/mol. The number of carbonyl (C=O) groups excluding carboxylic acids is 2. The number of para-hydroxylation sites is 1. The molecule has 2 amide bonds. The van der Waals surface area contributed by atoms with Gasteiger partial charge in [-0.25, -0.2) is 0 Å². The largest absolute Gasteiger partial charge is 0.322 e. The van der Waals surface area contributed by atoms with Gasteiger partial charge in [0.1, 0.15) is 0 Å². The number of benzene rings is 3. The molecule has 5 heteroatoms. The summed E-state index contributed by atoms with van der Waals surface area (Å²) in [6, 6.07) is 20.9. The van der Waals surface area contributed by atoms with Crippen LogP contribution in [-0.2, 0) is 0 Å². The molecular weight excluding hydrogens is 350 g/mol. The molecule has 2 N–H and O–H groups in total. The van der Waals surface area contributed by atoms with Crippen LogP contribution >= 0.6 is 0 Å². The van der Waals surface area contributed by atoms with Gasteiger partial charge in [0.2, 0.25) is 0 Å². The van der Waals surface area contributed by atoms with Gasteiger partial charge in [0.15, 0.2) is 0 Å². The molecule has 0 heterocycles. The minimum atomic E-state index is -0.286. The summed E-state index contributed by atoms with van der Waals surface area (Å²) in [4.78, 5) is 24.9. The maximum Gasteiger partial charge on any atom is 0.255 e.